The summed E-state index contributed by atoms with van der Waals surface area (Å²) in [4.78, 5) is 3.83. The largest absolute Gasteiger partial charge is 0.344 e. The third kappa shape index (κ3) is 2.00. The van der Waals surface area contributed by atoms with Crippen LogP contribution in [-0.4, -0.2) is 28.9 Å². The van der Waals surface area contributed by atoms with E-state index in [9.17, 15) is 17.2 Å². The Morgan fingerprint density at radius 2 is 1.95 bits per heavy atom. The molecule has 1 aromatic heterocycles. The van der Waals surface area contributed by atoms with Gasteiger partial charge in [-0.05, 0) is 12.0 Å². The van der Waals surface area contributed by atoms with Gasteiger partial charge in [0, 0.05) is 12.5 Å². The van der Waals surface area contributed by atoms with Gasteiger partial charge in [0.2, 0.25) is 0 Å². The van der Waals surface area contributed by atoms with Crippen LogP contribution in [0.15, 0.2) is 35.5 Å². The van der Waals surface area contributed by atoms with Crippen molar-refractivity contribution < 1.29 is 17.2 Å². The van der Waals surface area contributed by atoms with E-state index < -0.39 is 20.8 Å². The number of rotatable bonds is 3. The molecule has 1 unspecified atom stereocenters. The first-order chi connectivity index (χ1) is 9.50. The summed E-state index contributed by atoms with van der Waals surface area (Å²) >= 11 is 0. The molecule has 1 aliphatic heterocycles. The molecule has 0 bridgehead atoms. The lowest BCUT2D eigenvalue weighted by Gasteiger charge is -2.07. The molecule has 3 rings (SSSR count). The van der Waals surface area contributed by atoms with Crippen LogP contribution in [0.4, 0.5) is 8.78 Å². The molecule has 0 aliphatic carbocycles. The van der Waals surface area contributed by atoms with E-state index in [0.29, 0.717) is 12.4 Å². The molecule has 0 amide bonds. The average molecular weight is 299 g/mol. The quantitative estimate of drug-likeness (QED) is 0.867. The molecule has 0 N–H and O–H groups in total. The molecule has 1 atom stereocenters. The highest BCUT2D eigenvalue weighted by molar-refractivity contribution is 7.91. The molecule has 1 aromatic carbocycles. The van der Waals surface area contributed by atoms with Gasteiger partial charge >= 0.3 is 5.76 Å². The zero-order valence-electron chi connectivity index (χ0n) is 10.3. The van der Waals surface area contributed by atoms with Gasteiger partial charge < -0.3 is 0 Å². The van der Waals surface area contributed by atoms with E-state index in [1.165, 1.54) is 4.68 Å². The number of alkyl halides is 2. The number of halogens is 2. The predicted molar refractivity (Wildman–Crippen MR) is 66.1 cm³/mol. The summed E-state index contributed by atoms with van der Waals surface area (Å²) in [6, 6.07) is 9.40. The summed E-state index contributed by atoms with van der Waals surface area (Å²) < 4.78 is 49.2. The average Bonchev–Trinajstić information content (AvgIpc) is 2.99. The van der Waals surface area contributed by atoms with Crippen LogP contribution < -0.4 is 0 Å². The lowest BCUT2D eigenvalue weighted by Crippen LogP contribution is -2.14. The number of hydrogen-bond donors (Lipinski definition) is 0. The van der Waals surface area contributed by atoms with E-state index in [1.54, 1.807) is 0 Å². The van der Waals surface area contributed by atoms with Gasteiger partial charge in [0.15, 0.2) is 0 Å². The van der Waals surface area contributed by atoms with Crippen LogP contribution in [0.2, 0.25) is 0 Å². The molecule has 2 heterocycles. The smallest absolute Gasteiger partial charge is 0.248 e. The van der Waals surface area contributed by atoms with E-state index in [2.05, 4.69) is 10.1 Å². The lowest BCUT2D eigenvalue weighted by atomic mass is 9.97. The normalized spacial score (nSPS) is 18.4. The second kappa shape index (κ2) is 4.62. The zero-order chi connectivity index (χ0) is 14.3. The van der Waals surface area contributed by atoms with Gasteiger partial charge in [-0.3, -0.25) is 0 Å². The Labute approximate surface area is 114 Å². The van der Waals surface area contributed by atoms with Gasteiger partial charge in [-0.25, -0.2) is 18.1 Å². The fourth-order valence-corrected chi connectivity index (χ4v) is 2.93. The summed E-state index contributed by atoms with van der Waals surface area (Å²) in [5.74, 6) is -3.18. The molecular formula is C12H11F2N3O2S. The Kier molecular flexibility index (Phi) is 3.04. The van der Waals surface area contributed by atoms with Crippen molar-refractivity contribution >= 4 is 9.84 Å². The Morgan fingerprint density at radius 1 is 1.25 bits per heavy atom. The van der Waals surface area contributed by atoms with Crippen molar-refractivity contribution in [3.05, 3.63) is 41.7 Å². The van der Waals surface area contributed by atoms with Crippen LogP contribution in [-0.2, 0) is 16.4 Å². The summed E-state index contributed by atoms with van der Waals surface area (Å²) in [7, 11) is -4.74. The van der Waals surface area contributed by atoms with Gasteiger partial charge in [-0.15, -0.1) is 5.10 Å². The number of sulfone groups is 1. The monoisotopic (exact) mass is 299 g/mol. The SMILES string of the molecule is O=S(=O)(c1nc2n(n1)CCC2c1ccccc1)C(F)F. The van der Waals surface area contributed by atoms with Crippen LogP contribution in [0, 0.1) is 0 Å². The predicted octanol–water partition coefficient (Wildman–Crippen LogP) is 1.81. The maximum atomic E-state index is 12.5. The number of hydrogen-bond acceptors (Lipinski definition) is 4. The number of aryl methyl sites for hydroxylation is 1. The van der Waals surface area contributed by atoms with E-state index in [1.807, 2.05) is 30.3 Å². The number of aromatic nitrogens is 3. The van der Waals surface area contributed by atoms with Crippen molar-refractivity contribution in [2.75, 3.05) is 0 Å². The van der Waals surface area contributed by atoms with Crippen molar-refractivity contribution in [2.24, 2.45) is 0 Å². The van der Waals surface area contributed by atoms with E-state index in [-0.39, 0.29) is 5.92 Å². The molecule has 106 valence electrons. The zero-order valence-corrected chi connectivity index (χ0v) is 11.1. The third-order valence-corrected chi connectivity index (χ3v) is 4.46. The van der Waals surface area contributed by atoms with Crippen molar-refractivity contribution in [1.82, 2.24) is 14.8 Å². The summed E-state index contributed by atoms with van der Waals surface area (Å²) in [5.41, 5.74) is 0.972. The standard InChI is InChI=1S/C12H11F2N3O2S/c13-11(14)20(18,19)12-15-10-9(6-7-17(10)16-12)8-4-2-1-3-5-8/h1-5,9,11H,6-7H2. The van der Waals surface area contributed by atoms with Crippen molar-refractivity contribution in [3.63, 3.8) is 0 Å². The first-order valence-corrected chi connectivity index (χ1v) is 7.56. The van der Waals surface area contributed by atoms with E-state index >= 15 is 0 Å². The minimum absolute atomic E-state index is 0.106. The van der Waals surface area contributed by atoms with Gasteiger partial charge in [-0.2, -0.15) is 8.78 Å². The number of benzene rings is 1. The molecule has 0 radical (unpaired) electrons. The molecule has 0 fully saturated rings. The maximum Gasteiger partial charge on any atom is 0.344 e. The van der Waals surface area contributed by atoms with Crippen LogP contribution in [0.25, 0.3) is 0 Å². The Hall–Kier alpha value is -1.83. The Balaban J connectivity index is 2.02. The van der Waals surface area contributed by atoms with Crippen LogP contribution >= 0.6 is 0 Å². The molecule has 1 aliphatic rings. The third-order valence-electron chi connectivity index (χ3n) is 3.31. The van der Waals surface area contributed by atoms with Gasteiger partial charge in [0.05, 0.1) is 0 Å². The molecule has 8 heteroatoms. The minimum atomic E-state index is -4.74. The highest BCUT2D eigenvalue weighted by Gasteiger charge is 2.35. The lowest BCUT2D eigenvalue weighted by molar-refractivity contribution is 0.233. The number of fused-ring (bicyclic) bond motifs is 1. The number of nitrogens with zero attached hydrogens (tertiary/aromatic N) is 3. The Morgan fingerprint density at radius 3 is 2.60 bits per heavy atom. The first-order valence-electron chi connectivity index (χ1n) is 6.02. The molecule has 5 nitrogen and oxygen atoms in total. The van der Waals surface area contributed by atoms with Crippen molar-refractivity contribution in [2.45, 2.75) is 29.8 Å². The van der Waals surface area contributed by atoms with Crippen LogP contribution in [0.3, 0.4) is 0 Å². The highest BCUT2D eigenvalue weighted by Crippen LogP contribution is 2.33. The first kappa shape index (κ1) is 13.2. The molecule has 0 saturated carbocycles. The van der Waals surface area contributed by atoms with E-state index in [4.69, 9.17) is 0 Å². The maximum absolute atomic E-state index is 12.5. The molecule has 0 spiro atoms. The fourth-order valence-electron chi connectivity index (χ4n) is 2.34. The summed E-state index contributed by atoms with van der Waals surface area (Å²) in [5, 5.41) is 2.91. The molecule has 20 heavy (non-hydrogen) atoms. The molecule has 0 saturated heterocycles. The molecular weight excluding hydrogens is 288 g/mol. The van der Waals surface area contributed by atoms with Crippen LogP contribution in [0.1, 0.15) is 23.7 Å². The summed E-state index contributed by atoms with van der Waals surface area (Å²) in [6.07, 6.45) is 0.731. The van der Waals surface area contributed by atoms with Crippen LogP contribution in [0.5, 0.6) is 0 Å². The highest BCUT2D eigenvalue weighted by atomic mass is 32.2. The molecule has 2 aromatic rings. The Bertz CT molecular complexity index is 728. The van der Waals surface area contributed by atoms with Gasteiger partial charge in [-0.1, -0.05) is 30.3 Å². The minimum Gasteiger partial charge on any atom is -0.248 e. The van der Waals surface area contributed by atoms with E-state index in [0.717, 1.165) is 12.0 Å². The van der Waals surface area contributed by atoms with Gasteiger partial charge in [0.1, 0.15) is 5.82 Å². The van der Waals surface area contributed by atoms with Gasteiger partial charge in [0.25, 0.3) is 15.0 Å². The summed E-state index contributed by atoms with van der Waals surface area (Å²) in [6.45, 7) is 0.473. The topological polar surface area (TPSA) is 64.8 Å². The van der Waals surface area contributed by atoms with Crippen molar-refractivity contribution in [3.8, 4) is 0 Å². The van der Waals surface area contributed by atoms with Crippen molar-refractivity contribution in [1.29, 1.82) is 0 Å². The fraction of sp³-hybridized carbons (Fsp3) is 0.333. The second-order valence-electron chi connectivity index (χ2n) is 4.53. The second-order valence-corrected chi connectivity index (χ2v) is 6.34.